The molecule has 1 amide bonds. The van der Waals surface area contributed by atoms with Crippen LogP contribution in [0.15, 0.2) is 24.3 Å². The molecule has 3 nitrogen and oxygen atoms in total. The van der Waals surface area contributed by atoms with E-state index in [4.69, 9.17) is 0 Å². The summed E-state index contributed by atoms with van der Waals surface area (Å²) in [6.45, 7) is 3.97. The molecule has 20 heavy (non-hydrogen) atoms. The zero-order valence-electron chi connectivity index (χ0n) is 11.7. The van der Waals surface area contributed by atoms with Crippen LogP contribution in [0.5, 0.6) is 0 Å². The van der Waals surface area contributed by atoms with Crippen LogP contribution in [0, 0.1) is 5.82 Å². The van der Waals surface area contributed by atoms with Gasteiger partial charge in [0, 0.05) is 24.7 Å². The Kier molecular flexibility index (Phi) is 4.01. The van der Waals surface area contributed by atoms with Crippen molar-refractivity contribution in [3.63, 3.8) is 0 Å². The maximum Gasteiger partial charge on any atom is 0.253 e. The molecule has 4 heteroatoms. The third-order valence-electron chi connectivity index (χ3n) is 4.45. The number of benzene rings is 1. The predicted molar refractivity (Wildman–Crippen MR) is 76.1 cm³/mol. The number of amides is 1. The maximum atomic E-state index is 12.9. The van der Waals surface area contributed by atoms with E-state index >= 15 is 0 Å². The highest BCUT2D eigenvalue weighted by Crippen LogP contribution is 2.21. The number of likely N-dealkylation sites (tertiary alicyclic amines) is 2. The van der Waals surface area contributed by atoms with Gasteiger partial charge in [0.1, 0.15) is 5.82 Å². The summed E-state index contributed by atoms with van der Waals surface area (Å²) < 4.78 is 12.9. The van der Waals surface area contributed by atoms with Crippen molar-refractivity contribution in [2.45, 2.75) is 31.7 Å². The molecular formula is C16H21FN2O. The molecule has 0 aromatic heterocycles. The highest BCUT2D eigenvalue weighted by Gasteiger charge is 2.31. The number of hydrogen-bond donors (Lipinski definition) is 0. The number of nitrogens with zero attached hydrogens (tertiary/aromatic N) is 2. The van der Waals surface area contributed by atoms with Crippen LogP contribution in [-0.4, -0.2) is 47.9 Å². The molecule has 1 unspecified atom stereocenters. The van der Waals surface area contributed by atoms with Crippen molar-refractivity contribution in [2.24, 2.45) is 0 Å². The Morgan fingerprint density at radius 1 is 1.05 bits per heavy atom. The zero-order valence-corrected chi connectivity index (χ0v) is 11.7. The molecule has 1 aromatic carbocycles. The number of rotatable bonds is 2. The number of halogens is 1. The van der Waals surface area contributed by atoms with E-state index in [1.807, 2.05) is 4.90 Å². The topological polar surface area (TPSA) is 23.6 Å². The number of piperidine rings is 1. The third-order valence-corrected chi connectivity index (χ3v) is 4.45. The number of hydrogen-bond acceptors (Lipinski definition) is 2. The first kappa shape index (κ1) is 13.6. The minimum absolute atomic E-state index is 0.0320. The first-order chi connectivity index (χ1) is 9.74. The zero-order chi connectivity index (χ0) is 13.9. The Morgan fingerprint density at radius 2 is 1.75 bits per heavy atom. The summed E-state index contributed by atoms with van der Waals surface area (Å²) in [5, 5.41) is 0. The lowest BCUT2D eigenvalue weighted by atomic mass is 10.1. The van der Waals surface area contributed by atoms with E-state index in [9.17, 15) is 9.18 Å². The van der Waals surface area contributed by atoms with Crippen LogP contribution in [-0.2, 0) is 0 Å². The molecule has 0 N–H and O–H groups in total. The van der Waals surface area contributed by atoms with Gasteiger partial charge in [-0.2, -0.15) is 0 Å². The van der Waals surface area contributed by atoms with Gasteiger partial charge in [-0.15, -0.1) is 0 Å². The van der Waals surface area contributed by atoms with E-state index in [0.29, 0.717) is 11.6 Å². The summed E-state index contributed by atoms with van der Waals surface area (Å²) in [6, 6.07) is 6.37. The molecule has 0 saturated carbocycles. The first-order valence-electron chi connectivity index (χ1n) is 7.53. The molecule has 1 atom stereocenters. The lowest BCUT2D eigenvalue weighted by Crippen LogP contribution is -2.41. The summed E-state index contributed by atoms with van der Waals surface area (Å²) >= 11 is 0. The van der Waals surface area contributed by atoms with Gasteiger partial charge in [0.05, 0.1) is 0 Å². The van der Waals surface area contributed by atoms with Gasteiger partial charge in [0.2, 0.25) is 0 Å². The molecule has 108 valence electrons. The highest BCUT2D eigenvalue weighted by molar-refractivity contribution is 5.94. The quantitative estimate of drug-likeness (QED) is 0.828. The predicted octanol–water partition coefficient (Wildman–Crippen LogP) is 2.53. The fourth-order valence-corrected chi connectivity index (χ4v) is 3.28. The smallest absolute Gasteiger partial charge is 0.253 e. The Hall–Kier alpha value is -1.42. The molecule has 0 radical (unpaired) electrons. The maximum absolute atomic E-state index is 12.9. The van der Waals surface area contributed by atoms with E-state index in [-0.39, 0.29) is 11.7 Å². The second-order valence-corrected chi connectivity index (χ2v) is 5.80. The van der Waals surface area contributed by atoms with Crippen LogP contribution in [0.25, 0.3) is 0 Å². The van der Waals surface area contributed by atoms with Crippen molar-refractivity contribution in [1.82, 2.24) is 9.80 Å². The molecule has 0 bridgehead atoms. The Balaban J connectivity index is 1.61. The molecule has 1 aromatic rings. The van der Waals surface area contributed by atoms with Crippen LogP contribution in [0.3, 0.4) is 0 Å². The molecule has 0 spiro atoms. The number of carbonyl (C=O) groups excluding carboxylic acids is 1. The number of carbonyl (C=O) groups is 1. The normalized spacial score (nSPS) is 24.1. The molecule has 2 saturated heterocycles. The largest absolute Gasteiger partial charge is 0.337 e. The van der Waals surface area contributed by atoms with Crippen molar-refractivity contribution in [1.29, 1.82) is 0 Å². The Bertz CT molecular complexity index is 468. The molecule has 2 heterocycles. The van der Waals surface area contributed by atoms with Gasteiger partial charge in [-0.3, -0.25) is 9.69 Å². The first-order valence-corrected chi connectivity index (χ1v) is 7.53. The Morgan fingerprint density at radius 3 is 2.45 bits per heavy atom. The molecule has 2 fully saturated rings. The van der Waals surface area contributed by atoms with Gasteiger partial charge in [0.15, 0.2) is 0 Å². The van der Waals surface area contributed by atoms with Gasteiger partial charge >= 0.3 is 0 Å². The Labute approximate surface area is 119 Å². The lowest BCUT2D eigenvalue weighted by molar-refractivity contribution is 0.0771. The summed E-state index contributed by atoms with van der Waals surface area (Å²) in [5.74, 6) is -0.265. The second-order valence-electron chi connectivity index (χ2n) is 5.80. The lowest BCUT2D eigenvalue weighted by Gasteiger charge is -2.32. The minimum atomic E-state index is -0.297. The van der Waals surface area contributed by atoms with Crippen LogP contribution in [0.1, 0.15) is 36.0 Å². The van der Waals surface area contributed by atoms with Crippen LogP contribution in [0.4, 0.5) is 4.39 Å². The van der Waals surface area contributed by atoms with Crippen molar-refractivity contribution in [3.05, 3.63) is 35.6 Å². The average Bonchev–Trinajstić information content (AvgIpc) is 2.98. The van der Waals surface area contributed by atoms with Gasteiger partial charge in [0.25, 0.3) is 5.91 Å². The minimum Gasteiger partial charge on any atom is -0.337 e. The van der Waals surface area contributed by atoms with E-state index < -0.39 is 0 Å². The van der Waals surface area contributed by atoms with E-state index in [1.54, 1.807) is 12.1 Å². The van der Waals surface area contributed by atoms with Crippen LogP contribution < -0.4 is 0 Å². The van der Waals surface area contributed by atoms with Gasteiger partial charge in [-0.05, 0) is 56.6 Å². The summed E-state index contributed by atoms with van der Waals surface area (Å²) in [7, 11) is 0. The van der Waals surface area contributed by atoms with Crippen LogP contribution >= 0.6 is 0 Å². The van der Waals surface area contributed by atoms with E-state index in [0.717, 1.165) is 19.5 Å². The summed E-state index contributed by atoms with van der Waals surface area (Å²) in [4.78, 5) is 16.8. The third kappa shape index (κ3) is 2.85. The highest BCUT2D eigenvalue weighted by atomic mass is 19.1. The second kappa shape index (κ2) is 5.92. The fraction of sp³-hybridized carbons (Fsp3) is 0.562. The van der Waals surface area contributed by atoms with Crippen LogP contribution in [0.2, 0.25) is 0 Å². The van der Waals surface area contributed by atoms with Gasteiger partial charge < -0.3 is 4.90 Å². The monoisotopic (exact) mass is 276 g/mol. The molecule has 3 rings (SSSR count). The SMILES string of the molecule is O=C(c1ccc(F)cc1)N1CCC(N2CCCCC2)C1. The fourth-order valence-electron chi connectivity index (χ4n) is 3.28. The van der Waals surface area contributed by atoms with Gasteiger partial charge in [-0.25, -0.2) is 4.39 Å². The van der Waals surface area contributed by atoms with Crippen molar-refractivity contribution >= 4 is 5.91 Å². The average molecular weight is 276 g/mol. The van der Waals surface area contributed by atoms with Gasteiger partial charge in [-0.1, -0.05) is 6.42 Å². The molecular weight excluding hydrogens is 255 g/mol. The van der Waals surface area contributed by atoms with Crippen molar-refractivity contribution in [3.8, 4) is 0 Å². The van der Waals surface area contributed by atoms with Crippen molar-refractivity contribution < 1.29 is 9.18 Å². The summed E-state index contributed by atoms with van der Waals surface area (Å²) in [6.07, 6.45) is 4.96. The molecule has 2 aliphatic rings. The van der Waals surface area contributed by atoms with E-state index in [1.165, 1.54) is 44.5 Å². The standard InChI is InChI=1S/C16H21FN2O/c17-14-6-4-13(5-7-14)16(20)19-11-8-15(12-19)18-9-2-1-3-10-18/h4-7,15H,1-3,8-12H2. The molecule has 0 aliphatic carbocycles. The molecule has 2 aliphatic heterocycles. The van der Waals surface area contributed by atoms with Crippen molar-refractivity contribution in [2.75, 3.05) is 26.2 Å². The van der Waals surface area contributed by atoms with E-state index in [2.05, 4.69) is 4.90 Å². The summed E-state index contributed by atoms with van der Waals surface area (Å²) in [5.41, 5.74) is 0.589.